The van der Waals surface area contributed by atoms with Crippen molar-refractivity contribution in [2.75, 3.05) is 27.2 Å². The summed E-state index contributed by atoms with van der Waals surface area (Å²) >= 11 is 0. The van der Waals surface area contributed by atoms with Crippen LogP contribution in [-0.2, 0) is 6.54 Å². The van der Waals surface area contributed by atoms with E-state index in [4.69, 9.17) is 0 Å². The molecule has 4 nitrogen and oxygen atoms in total. The van der Waals surface area contributed by atoms with Crippen LogP contribution in [0.15, 0.2) is 24.3 Å². The maximum atomic E-state index is 11.3. The van der Waals surface area contributed by atoms with E-state index in [-0.39, 0.29) is 0 Å². The molecule has 0 amide bonds. The third-order valence-corrected chi connectivity index (χ3v) is 4.94. The molecule has 0 unspecified atom stereocenters. The number of carbonyl (C=O) groups is 1. The molecule has 2 aliphatic rings. The zero-order chi connectivity index (χ0) is 15.0. The van der Waals surface area contributed by atoms with Gasteiger partial charge in [-0.05, 0) is 50.4 Å². The molecule has 1 aromatic carbocycles. The molecule has 114 valence electrons. The Morgan fingerprint density at radius 1 is 1.29 bits per heavy atom. The minimum atomic E-state index is -0.826. The number of likely N-dealkylation sites (tertiary alicyclic amines) is 1. The first kappa shape index (κ1) is 14.5. The third kappa shape index (κ3) is 3.11. The fraction of sp³-hybridized carbons (Fsp3) is 0.588. The summed E-state index contributed by atoms with van der Waals surface area (Å²) in [7, 11) is 4.32. The van der Waals surface area contributed by atoms with Crippen molar-refractivity contribution >= 4 is 5.97 Å². The summed E-state index contributed by atoms with van der Waals surface area (Å²) in [4.78, 5) is 16.1. The number of carboxylic acids is 1. The Kier molecular flexibility index (Phi) is 4.00. The Balaban J connectivity index is 1.73. The number of hydrogen-bond donors (Lipinski definition) is 1. The normalized spacial score (nSPS) is 26.4. The molecule has 0 bridgehead atoms. The Bertz CT molecular complexity index is 515. The van der Waals surface area contributed by atoms with Crippen LogP contribution in [0.5, 0.6) is 0 Å². The van der Waals surface area contributed by atoms with Crippen molar-refractivity contribution in [3.8, 4) is 0 Å². The Morgan fingerprint density at radius 2 is 2.00 bits per heavy atom. The maximum absolute atomic E-state index is 11.3. The molecule has 1 aliphatic heterocycles. The quantitative estimate of drug-likeness (QED) is 0.901. The highest BCUT2D eigenvalue weighted by Gasteiger charge is 2.43. The number of rotatable bonds is 5. The van der Waals surface area contributed by atoms with Gasteiger partial charge >= 0.3 is 5.97 Å². The summed E-state index contributed by atoms with van der Waals surface area (Å²) in [5.41, 5.74) is 1.37. The van der Waals surface area contributed by atoms with Crippen LogP contribution in [0.3, 0.4) is 0 Å². The molecule has 1 saturated carbocycles. The molecule has 2 atom stereocenters. The smallest absolute Gasteiger partial charge is 0.336 e. The second-order valence-corrected chi connectivity index (χ2v) is 6.69. The third-order valence-electron chi connectivity index (χ3n) is 4.94. The Morgan fingerprint density at radius 3 is 2.62 bits per heavy atom. The highest BCUT2D eigenvalue weighted by molar-refractivity contribution is 5.89. The van der Waals surface area contributed by atoms with Gasteiger partial charge in [-0.1, -0.05) is 18.2 Å². The fourth-order valence-corrected chi connectivity index (χ4v) is 3.66. The van der Waals surface area contributed by atoms with Gasteiger partial charge in [0.2, 0.25) is 0 Å². The van der Waals surface area contributed by atoms with Crippen molar-refractivity contribution < 1.29 is 9.90 Å². The highest BCUT2D eigenvalue weighted by atomic mass is 16.4. The summed E-state index contributed by atoms with van der Waals surface area (Å²) < 4.78 is 0. The van der Waals surface area contributed by atoms with E-state index in [9.17, 15) is 9.90 Å². The van der Waals surface area contributed by atoms with Gasteiger partial charge in [0, 0.05) is 25.7 Å². The summed E-state index contributed by atoms with van der Waals surface area (Å²) in [5, 5.41) is 9.30. The average Bonchev–Trinajstić information content (AvgIpc) is 3.20. The molecule has 1 heterocycles. The van der Waals surface area contributed by atoms with Gasteiger partial charge in [0.25, 0.3) is 0 Å². The van der Waals surface area contributed by atoms with Crippen LogP contribution in [0.25, 0.3) is 0 Å². The van der Waals surface area contributed by atoms with E-state index in [0.29, 0.717) is 11.6 Å². The van der Waals surface area contributed by atoms with Crippen LogP contribution in [-0.4, -0.2) is 54.1 Å². The lowest BCUT2D eigenvalue weighted by molar-refractivity contribution is 0.0694. The molecule has 1 N–H and O–H groups in total. The molecule has 0 spiro atoms. The van der Waals surface area contributed by atoms with E-state index >= 15 is 0 Å². The second kappa shape index (κ2) is 5.78. The van der Waals surface area contributed by atoms with Crippen molar-refractivity contribution in [3.05, 3.63) is 35.4 Å². The first-order chi connectivity index (χ1) is 10.1. The predicted molar refractivity (Wildman–Crippen MR) is 82.4 cm³/mol. The summed E-state index contributed by atoms with van der Waals surface area (Å²) in [6, 6.07) is 7.98. The summed E-state index contributed by atoms with van der Waals surface area (Å²) in [5.74, 6) is 0.807. The number of aromatic carboxylic acids is 1. The number of likely N-dealkylation sites (N-methyl/N-ethyl adjacent to an activating group) is 1. The number of nitrogens with zero attached hydrogens (tertiary/aromatic N) is 2. The maximum Gasteiger partial charge on any atom is 0.336 e. The van der Waals surface area contributed by atoms with Gasteiger partial charge < -0.3 is 10.0 Å². The lowest BCUT2D eigenvalue weighted by atomic mass is 9.97. The molecule has 4 heteroatoms. The molecular weight excluding hydrogens is 264 g/mol. The minimum Gasteiger partial charge on any atom is -0.478 e. The SMILES string of the molecule is CN(C)[C@H]1CN(Cc2ccccc2C(=O)O)C[C@@H]1C1CC1. The first-order valence-corrected chi connectivity index (χ1v) is 7.76. The fourth-order valence-electron chi connectivity index (χ4n) is 3.66. The Labute approximate surface area is 126 Å². The van der Waals surface area contributed by atoms with Gasteiger partial charge in [-0.2, -0.15) is 0 Å². The first-order valence-electron chi connectivity index (χ1n) is 7.76. The average molecular weight is 288 g/mol. The monoisotopic (exact) mass is 288 g/mol. The molecular formula is C17H24N2O2. The summed E-state index contributed by atoms with van der Waals surface area (Å²) in [6.07, 6.45) is 2.74. The number of hydrogen-bond acceptors (Lipinski definition) is 3. The van der Waals surface area contributed by atoms with Crippen LogP contribution in [0.1, 0.15) is 28.8 Å². The van der Waals surface area contributed by atoms with E-state index in [1.165, 1.54) is 12.8 Å². The van der Waals surface area contributed by atoms with Crippen molar-refractivity contribution in [1.82, 2.24) is 9.80 Å². The van der Waals surface area contributed by atoms with Crippen molar-refractivity contribution in [3.63, 3.8) is 0 Å². The van der Waals surface area contributed by atoms with Gasteiger partial charge in [-0.15, -0.1) is 0 Å². The molecule has 1 aromatic rings. The molecule has 1 aliphatic carbocycles. The van der Waals surface area contributed by atoms with Crippen LogP contribution < -0.4 is 0 Å². The van der Waals surface area contributed by atoms with Crippen molar-refractivity contribution in [1.29, 1.82) is 0 Å². The van der Waals surface area contributed by atoms with Gasteiger partial charge in [-0.25, -0.2) is 4.79 Å². The summed E-state index contributed by atoms with van der Waals surface area (Å²) in [6.45, 7) is 2.89. The lowest BCUT2D eigenvalue weighted by Gasteiger charge is -2.25. The Hall–Kier alpha value is -1.39. The van der Waals surface area contributed by atoms with Crippen LogP contribution in [0.2, 0.25) is 0 Å². The number of benzene rings is 1. The van der Waals surface area contributed by atoms with Gasteiger partial charge in [0.1, 0.15) is 0 Å². The largest absolute Gasteiger partial charge is 0.478 e. The van der Waals surface area contributed by atoms with E-state index in [1.807, 2.05) is 12.1 Å². The van der Waals surface area contributed by atoms with E-state index in [1.54, 1.807) is 12.1 Å². The van der Waals surface area contributed by atoms with Crippen LogP contribution in [0.4, 0.5) is 0 Å². The zero-order valence-electron chi connectivity index (χ0n) is 12.8. The van der Waals surface area contributed by atoms with Gasteiger partial charge in [0.05, 0.1) is 5.56 Å². The zero-order valence-corrected chi connectivity index (χ0v) is 12.8. The molecule has 0 aromatic heterocycles. The van der Waals surface area contributed by atoms with Crippen LogP contribution >= 0.6 is 0 Å². The predicted octanol–water partition coefficient (Wildman–Crippen LogP) is 2.16. The molecule has 2 fully saturated rings. The minimum absolute atomic E-state index is 0.439. The second-order valence-electron chi connectivity index (χ2n) is 6.69. The van der Waals surface area contributed by atoms with Crippen LogP contribution in [0, 0.1) is 11.8 Å². The number of carboxylic acid groups (broad SMARTS) is 1. The van der Waals surface area contributed by atoms with E-state index < -0.39 is 5.97 Å². The molecule has 21 heavy (non-hydrogen) atoms. The molecule has 0 radical (unpaired) electrons. The van der Waals surface area contributed by atoms with Crippen molar-refractivity contribution in [2.45, 2.75) is 25.4 Å². The topological polar surface area (TPSA) is 43.8 Å². The lowest BCUT2D eigenvalue weighted by Crippen LogP contribution is -2.36. The standard InChI is InChI=1S/C17H24N2O2/c1-18(2)16-11-19(10-15(16)12-7-8-12)9-13-5-3-4-6-14(13)17(20)21/h3-6,12,15-16H,7-11H2,1-2H3,(H,20,21)/t15-,16+/m1/s1. The highest BCUT2D eigenvalue weighted by Crippen LogP contribution is 2.42. The van der Waals surface area contributed by atoms with E-state index in [2.05, 4.69) is 23.9 Å². The molecule has 3 rings (SSSR count). The van der Waals surface area contributed by atoms with Gasteiger partial charge in [0.15, 0.2) is 0 Å². The van der Waals surface area contributed by atoms with Crippen molar-refractivity contribution in [2.24, 2.45) is 11.8 Å². The molecule has 1 saturated heterocycles. The van der Waals surface area contributed by atoms with E-state index in [0.717, 1.165) is 37.0 Å². The van der Waals surface area contributed by atoms with Gasteiger partial charge in [-0.3, -0.25) is 4.90 Å².